The third-order valence-electron chi connectivity index (χ3n) is 5.02. The molecule has 3 aromatic rings. The highest BCUT2D eigenvalue weighted by Crippen LogP contribution is 2.42. The highest BCUT2D eigenvalue weighted by atomic mass is 35.5. The molecule has 1 aliphatic heterocycles. The molecule has 4 rings (SSSR count). The molecule has 0 N–H and O–H groups in total. The molecule has 0 aliphatic carbocycles. The minimum Gasteiger partial charge on any atom is -0.323 e. The highest BCUT2D eigenvalue weighted by molar-refractivity contribution is 6.31. The predicted molar refractivity (Wildman–Crippen MR) is 115 cm³/mol. The van der Waals surface area contributed by atoms with E-state index in [0.29, 0.717) is 5.02 Å². The summed E-state index contributed by atoms with van der Waals surface area (Å²) < 4.78 is 0. The van der Waals surface area contributed by atoms with Gasteiger partial charge in [-0.25, -0.2) is 4.99 Å². The zero-order chi connectivity index (χ0) is 19.0. The van der Waals surface area contributed by atoms with E-state index in [2.05, 4.69) is 67.2 Å². The van der Waals surface area contributed by atoms with Crippen LogP contribution < -0.4 is 4.90 Å². The number of hydrogen-bond acceptors (Lipinski definition) is 3. The van der Waals surface area contributed by atoms with Gasteiger partial charge in [0.05, 0.1) is 28.9 Å². The number of rotatable bonds is 3. The molecule has 1 atom stereocenters. The van der Waals surface area contributed by atoms with Gasteiger partial charge < -0.3 is 4.90 Å². The minimum atomic E-state index is 0.149. The van der Waals surface area contributed by atoms with Gasteiger partial charge in [0.15, 0.2) is 0 Å². The summed E-state index contributed by atoms with van der Waals surface area (Å²) >= 11 is 6.40. The van der Waals surface area contributed by atoms with E-state index >= 15 is 0 Å². The number of anilines is 2. The molecule has 0 amide bonds. The molecular formula is C23H22ClN3. The Kier molecular flexibility index (Phi) is 4.73. The number of para-hydroxylation sites is 2. The summed E-state index contributed by atoms with van der Waals surface area (Å²) in [5.41, 5.74) is 6.21. The van der Waals surface area contributed by atoms with Gasteiger partial charge in [-0.1, -0.05) is 54.1 Å². The SMILES string of the molecule is CC(N(C)C)N1c2ccccc2N=C(c2ccccc2)c2cc(Cl)ccc21. The van der Waals surface area contributed by atoms with Gasteiger partial charge >= 0.3 is 0 Å². The maximum absolute atomic E-state index is 6.40. The Morgan fingerprint density at radius 1 is 0.889 bits per heavy atom. The summed E-state index contributed by atoms with van der Waals surface area (Å²) in [7, 11) is 4.18. The summed E-state index contributed by atoms with van der Waals surface area (Å²) in [5, 5.41) is 0.709. The zero-order valence-corrected chi connectivity index (χ0v) is 16.5. The Labute approximate surface area is 165 Å². The number of aliphatic imine (C=N–C) groups is 1. The second kappa shape index (κ2) is 7.18. The first kappa shape index (κ1) is 17.8. The van der Waals surface area contributed by atoms with E-state index in [1.165, 1.54) is 0 Å². The van der Waals surface area contributed by atoms with E-state index in [4.69, 9.17) is 16.6 Å². The predicted octanol–water partition coefficient (Wildman–Crippen LogP) is 5.87. The van der Waals surface area contributed by atoms with Crippen LogP contribution in [0.1, 0.15) is 18.1 Å². The minimum absolute atomic E-state index is 0.149. The molecule has 0 bridgehead atoms. The van der Waals surface area contributed by atoms with Crippen molar-refractivity contribution >= 4 is 34.4 Å². The third-order valence-corrected chi connectivity index (χ3v) is 5.25. The molecule has 1 aliphatic rings. The molecule has 4 heteroatoms. The largest absolute Gasteiger partial charge is 0.323 e. The van der Waals surface area contributed by atoms with Crippen molar-refractivity contribution in [2.45, 2.75) is 13.1 Å². The van der Waals surface area contributed by atoms with Gasteiger partial charge in [-0.2, -0.15) is 0 Å². The van der Waals surface area contributed by atoms with Crippen LogP contribution in [0.2, 0.25) is 5.02 Å². The monoisotopic (exact) mass is 375 g/mol. The summed E-state index contributed by atoms with van der Waals surface area (Å²) in [6.45, 7) is 2.20. The van der Waals surface area contributed by atoms with Crippen LogP contribution in [0.5, 0.6) is 0 Å². The molecule has 0 saturated carbocycles. The number of halogens is 1. The lowest BCUT2D eigenvalue weighted by molar-refractivity contribution is 0.318. The Bertz CT molecular complexity index is 996. The lowest BCUT2D eigenvalue weighted by Gasteiger charge is -2.36. The maximum Gasteiger partial charge on any atom is 0.0874 e. The molecule has 3 aromatic carbocycles. The van der Waals surface area contributed by atoms with Gasteiger partial charge in [-0.15, -0.1) is 0 Å². The Morgan fingerprint density at radius 2 is 1.59 bits per heavy atom. The first-order chi connectivity index (χ1) is 13.1. The van der Waals surface area contributed by atoms with E-state index in [1.54, 1.807) is 0 Å². The molecule has 136 valence electrons. The smallest absolute Gasteiger partial charge is 0.0874 e. The second-order valence-electron chi connectivity index (χ2n) is 6.94. The molecule has 0 aromatic heterocycles. The normalized spacial score (nSPS) is 14.3. The average Bonchev–Trinajstić information content (AvgIpc) is 2.82. The van der Waals surface area contributed by atoms with Gasteiger partial charge in [0.25, 0.3) is 0 Å². The Hall–Kier alpha value is -2.62. The van der Waals surface area contributed by atoms with Crippen LogP contribution in [0.25, 0.3) is 0 Å². The standard InChI is InChI=1S/C23H22ClN3/c1-16(26(2)3)27-21-14-13-18(24)15-19(21)23(17-9-5-4-6-10-17)25-20-11-7-8-12-22(20)27/h4-16H,1-3H3. The van der Waals surface area contributed by atoms with Gasteiger partial charge in [-0.05, 0) is 51.4 Å². The lowest BCUT2D eigenvalue weighted by atomic mass is 10.00. The molecule has 0 spiro atoms. The van der Waals surface area contributed by atoms with Crippen LogP contribution in [0.4, 0.5) is 17.1 Å². The van der Waals surface area contributed by atoms with E-state index in [1.807, 2.05) is 36.4 Å². The summed E-state index contributed by atoms with van der Waals surface area (Å²) in [6.07, 6.45) is 0.149. The summed E-state index contributed by atoms with van der Waals surface area (Å²) in [5.74, 6) is 0. The van der Waals surface area contributed by atoms with Gasteiger partial charge in [0.1, 0.15) is 0 Å². The van der Waals surface area contributed by atoms with Crippen molar-refractivity contribution in [3.05, 3.63) is 88.9 Å². The van der Waals surface area contributed by atoms with Crippen molar-refractivity contribution in [1.29, 1.82) is 0 Å². The molecular weight excluding hydrogens is 354 g/mol. The van der Waals surface area contributed by atoms with Crippen molar-refractivity contribution in [1.82, 2.24) is 4.90 Å². The fraction of sp³-hybridized carbons (Fsp3) is 0.174. The second-order valence-corrected chi connectivity index (χ2v) is 7.38. The fourth-order valence-corrected chi connectivity index (χ4v) is 3.60. The van der Waals surface area contributed by atoms with Crippen molar-refractivity contribution in [3.63, 3.8) is 0 Å². The van der Waals surface area contributed by atoms with Crippen molar-refractivity contribution in [2.24, 2.45) is 4.99 Å². The highest BCUT2D eigenvalue weighted by Gasteiger charge is 2.28. The molecule has 0 radical (unpaired) electrons. The first-order valence-electron chi connectivity index (χ1n) is 9.05. The maximum atomic E-state index is 6.40. The van der Waals surface area contributed by atoms with Crippen molar-refractivity contribution < 1.29 is 0 Å². The van der Waals surface area contributed by atoms with E-state index in [-0.39, 0.29) is 6.17 Å². The topological polar surface area (TPSA) is 18.8 Å². The van der Waals surface area contributed by atoms with Crippen LogP contribution in [0.15, 0.2) is 77.8 Å². The number of nitrogens with zero attached hydrogens (tertiary/aromatic N) is 3. The van der Waals surface area contributed by atoms with Crippen LogP contribution in [0.3, 0.4) is 0 Å². The number of hydrogen-bond donors (Lipinski definition) is 0. The van der Waals surface area contributed by atoms with Gasteiger partial charge in [0, 0.05) is 16.1 Å². The summed E-state index contributed by atoms with van der Waals surface area (Å²) in [6, 6.07) is 24.7. The quantitative estimate of drug-likeness (QED) is 0.570. The van der Waals surface area contributed by atoms with Crippen molar-refractivity contribution in [2.75, 3.05) is 19.0 Å². The molecule has 0 saturated heterocycles. The average molecular weight is 376 g/mol. The number of benzene rings is 3. The van der Waals surface area contributed by atoms with Crippen LogP contribution in [0, 0.1) is 0 Å². The Balaban J connectivity index is 2.04. The van der Waals surface area contributed by atoms with E-state index in [9.17, 15) is 0 Å². The van der Waals surface area contributed by atoms with Gasteiger partial charge in [-0.3, -0.25) is 4.90 Å². The van der Waals surface area contributed by atoms with E-state index in [0.717, 1.165) is 33.9 Å². The fourth-order valence-electron chi connectivity index (χ4n) is 3.43. The summed E-state index contributed by atoms with van der Waals surface area (Å²) in [4.78, 5) is 9.61. The molecule has 1 heterocycles. The Morgan fingerprint density at radius 3 is 2.33 bits per heavy atom. The lowest BCUT2D eigenvalue weighted by Crippen LogP contribution is -2.40. The molecule has 1 unspecified atom stereocenters. The van der Waals surface area contributed by atoms with E-state index < -0.39 is 0 Å². The molecule has 3 nitrogen and oxygen atoms in total. The molecule has 0 fully saturated rings. The van der Waals surface area contributed by atoms with Crippen LogP contribution in [-0.2, 0) is 0 Å². The van der Waals surface area contributed by atoms with Crippen molar-refractivity contribution in [3.8, 4) is 0 Å². The van der Waals surface area contributed by atoms with Crippen LogP contribution >= 0.6 is 11.6 Å². The van der Waals surface area contributed by atoms with Gasteiger partial charge in [0.2, 0.25) is 0 Å². The zero-order valence-electron chi connectivity index (χ0n) is 15.7. The third kappa shape index (κ3) is 3.25. The van der Waals surface area contributed by atoms with Crippen LogP contribution in [-0.4, -0.2) is 30.9 Å². The molecule has 27 heavy (non-hydrogen) atoms. The first-order valence-corrected chi connectivity index (χ1v) is 9.43. The number of fused-ring (bicyclic) bond motifs is 2.